The number of Topliss-reactive ketones (excluding diaryl/α,β-unsaturated/α-hetero) is 1. The minimum Gasteiger partial charge on any atom is -0.497 e. The van der Waals surface area contributed by atoms with Gasteiger partial charge in [0.1, 0.15) is 11.6 Å². The van der Waals surface area contributed by atoms with Gasteiger partial charge in [-0.05, 0) is 43.9 Å². The van der Waals surface area contributed by atoms with Crippen molar-refractivity contribution in [1.29, 1.82) is 0 Å². The number of rotatable bonds is 3. The minimum atomic E-state index is -0.448. The number of ether oxygens (including phenoxy) is 1. The summed E-state index contributed by atoms with van der Waals surface area (Å²) in [4.78, 5) is 12.5. The first kappa shape index (κ1) is 12.6. The molecule has 1 N–H and O–H groups in total. The number of nitrogens with one attached hydrogen (secondary N) is 1. The van der Waals surface area contributed by atoms with E-state index in [1.165, 1.54) is 25.3 Å². The zero-order valence-electron chi connectivity index (χ0n) is 11.0. The Kier molecular flexibility index (Phi) is 3.27. The van der Waals surface area contributed by atoms with Gasteiger partial charge >= 0.3 is 0 Å². The summed E-state index contributed by atoms with van der Waals surface area (Å²) in [6.07, 6.45) is 3.92. The van der Waals surface area contributed by atoms with Gasteiger partial charge in [-0.15, -0.1) is 0 Å². The molecular weight excluding hydrogens is 245 g/mol. The number of carbonyl (C=O) groups is 1. The fourth-order valence-corrected chi connectivity index (χ4v) is 3.31. The maximum Gasteiger partial charge on any atom is 0.169 e. The average molecular weight is 263 g/mol. The van der Waals surface area contributed by atoms with Gasteiger partial charge in [-0.1, -0.05) is 0 Å². The summed E-state index contributed by atoms with van der Waals surface area (Å²) in [5, 5.41) is 3.49. The predicted octanol–water partition coefficient (Wildman–Crippen LogP) is 2.55. The van der Waals surface area contributed by atoms with Gasteiger partial charge in [-0.2, -0.15) is 0 Å². The van der Waals surface area contributed by atoms with E-state index in [9.17, 15) is 9.18 Å². The van der Waals surface area contributed by atoms with Crippen molar-refractivity contribution in [2.45, 2.75) is 37.8 Å². The van der Waals surface area contributed by atoms with Crippen molar-refractivity contribution in [2.75, 3.05) is 7.11 Å². The third-order valence-electron chi connectivity index (χ3n) is 4.28. The second-order valence-electron chi connectivity index (χ2n) is 5.52. The lowest BCUT2D eigenvalue weighted by Crippen LogP contribution is -2.40. The van der Waals surface area contributed by atoms with Crippen molar-refractivity contribution in [3.05, 3.63) is 29.6 Å². The monoisotopic (exact) mass is 263 g/mol. The summed E-state index contributed by atoms with van der Waals surface area (Å²) >= 11 is 0. The van der Waals surface area contributed by atoms with E-state index in [-0.39, 0.29) is 17.3 Å². The lowest BCUT2D eigenvalue weighted by Gasteiger charge is -2.28. The molecule has 2 heterocycles. The second kappa shape index (κ2) is 4.93. The van der Waals surface area contributed by atoms with E-state index >= 15 is 0 Å². The molecule has 0 aromatic heterocycles. The van der Waals surface area contributed by atoms with Crippen LogP contribution in [0.15, 0.2) is 18.2 Å². The Labute approximate surface area is 112 Å². The van der Waals surface area contributed by atoms with Crippen LogP contribution in [0.1, 0.15) is 36.0 Å². The summed E-state index contributed by atoms with van der Waals surface area (Å²) in [5.74, 6) is -0.0477. The maximum atomic E-state index is 13.8. The topological polar surface area (TPSA) is 38.3 Å². The van der Waals surface area contributed by atoms with Gasteiger partial charge in [0, 0.05) is 18.0 Å². The summed E-state index contributed by atoms with van der Waals surface area (Å²) in [6, 6.07) is 5.23. The van der Waals surface area contributed by atoms with Crippen molar-refractivity contribution in [1.82, 2.24) is 5.32 Å². The van der Waals surface area contributed by atoms with Crippen molar-refractivity contribution in [3.63, 3.8) is 0 Å². The van der Waals surface area contributed by atoms with Crippen LogP contribution in [-0.2, 0) is 0 Å². The number of methoxy groups -OCH3 is 1. The minimum absolute atomic E-state index is 0.0552. The van der Waals surface area contributed by atoms with Crippen molar-refractivity contribution < 1.29 is 13.9 Å². The van der Waals surface area contributed by atoms with E-state index < -0.39 is 5.82 Å². The molecule has 1 aromatic carbocycles. The highest BCUT2D eigenvalue weighted by Crippen LogP contribution is 2.33. The molecule has 2 bridgehead atoms. The molecule has 0 saturated carbocycles. The SMILES string of the molecule is COc1ccc(F)c(C(=O)C2CC3CCC(C2)N3)c1. The molecule has 2 unspecified atom stereocenters. The Morgan fingerprint density at radius 1 is 1.32 bits per heavy atom. The molecule has 2 aliphatic heterocycles. The molecule has 19 heavy (non-hydrogen) atoms. The van der Waals surface area contributed by atoms with Crippen LogP contribution >= 0.6 is 0 Å². The quantitative estimate of drug-likeness (QED) is 0.852. The van der Waals surface area contributed by atoms with Crippen molar-refractivity contribution >= 4 is 5.78 Å². The van der Waals surface area contributed by atoms with Crippen molar-refractivity contribution in [2.24, 2.45) is 5.92 Å². The number of piperidine rings is 1. The number of benzene rings is 1. The molecule has 3 nitrogen and oxygen atoms in total. The Hall–Kier alpha value is -1.42. The van der Waals surface area contributed by atoms with Crippen molar-refractivity contribution in [3.8, 4) is 5.75 Å². The van der Waals surface area contributed by atoms with E-state index in [4.69, 9.17) is 4.74 Å². The third kappa shape index (κ3) is 2.37. The number of hydrogen-bond acceptors (Lipinski definition) is 3. The zero-order chi connectivity index (χ0) is 13.4. The van der Waals surface area contributed by atoms with Crippen LogP contribution in [0, 0.1) is 11.7 Å². The summed E-state index contributed by atoms with van der Waals surface area (Å²) in [6.45, 7) is 0. The lowest BCUT2D eigenvalue weighted by atomic mass is 9.85. The van der Waals surface area contributed by atoms with Crippen LogP contribution in [0.4, 0.5) is 4.39 Å². The molecule has 2 saturated heterocycles. The fraction of sp³-hybridized carbons (Fsp3) is 0.533. The zero-order valence-corrected chi connectivity index (χ0v) is 11.0. The highest BCUT2D eigenvalue weighted by molar-refractivity contribution is 5.98. The predicted molar refractivity (Wildman–Crippen MR) is 70.0 cm³/mol. The highest BCUT2D eigenvalue weighted by Gasteiger charge is 2.37. The second-order valence-corrected chi connectivity index (χ2v) is 5.52. The first-order chi connectivity index (χ1) is 9.17. The number of ketones is 1. The first-order valence-corrected chi connectivity index (χ1v) is 6.81. The molecule has 4 heteroatoms. The molecule has 0 radical (unpaired) electrons. The normalized spacial score (nSPS) is 29.3. The van der Waals surface area contributed by atoms with Crippen LogP contribution < -0.4 is 10.1 Å². The van der Waals surface area contributed by atoms with Gasteiger partial charge in [0.2, 0.25) is 0 Å². The number of fused-ring (bicyclic) bond motifs is 2. The van der Waals surface area contributed by atoms with Crippen LogP contribution in [0.2, 0.25) is 0 Å². The van der Waals surface area contributed by atoms with E-state index in [1.54, 1.807) is 0 Å². The van der Waals surface area contributed by atoms with E-state index in [1.807, 2.05) is 0 Å². The smallest absolute Gasteiger partial charge is 0.169 e. The molecule has 0 amide bonds. The number of hydrogen-bond donors (Lipinski definition) is 1. The Balaban J connectivity index is 1.83. The molecule has 1 aromatic rings. The molecule has 3 rings (SSSR count). The number of halogens is 1. The first-order valence-electron chi connectivity index (χ1n) is 6.81. The third-order valence-corrected chi connectivity index (χ3v) is 4.28. The maximum absolute atomic E-state index is 13.8. The molecule has 0 spiro atoms. The van der Waals surface area contributed by atoms with Gasteiger partial charge in [0.25, 0.3) is 0 Å². The van der Waals surface area contributed by atoms with Gasteiger partial charge in [0.15, 0.2) is 5.78 Å². The molecular formula is C15H18FNO2. The molecule has 2 aliphatic rings. The fourth-order valence-electron chi connectivity index (χ4n) is 3.31. The highest BCUT2D eigenvalue weighted by atomic mass is 19.1. The number of carbonyl (C=O) groups excluding carboxylic acids is 1. The molecule has 2 atom stereocenters. The Morgan fingerprint density at radius 2 is 2.00 bits per heavy atom. The van der Waals surface area contributed by atoms with Crippen LogP contribution in [0.5, 0.6) is 5.75 Å². The molecule has 2 fully saturated rings. The van der Waals surface area contributed by atoms with E-state index in [2.05, 4.69) is 5.32 Å². The summed E-state index contributed by atoms with van der Waals surface area (Å²) < 4.78 is 18.9. The summed E-state index contributed by atoms with van der Waals surface area (Å²) in [5.41, 5.74) is 0.172. The van der Waals surface area contributed by atoms with E-state index in [0.717, 1.165) is 25.7 Å². The Morgan fingerprint density at radius 3 is 2.63 bits per heavy atom. The largest absolute Gasteiger partial charge is 0.497 e. The van der Waals surface area contributed by atoms with Gasteiger partial charge < -0.3 is 10.1 Å². The van der Waals surface area contributed by atoms with Gasteiger partial charge in [-0.3, -0.25) is 4.79 Å². The standard InChI is InChI=1S/C15H18FNO2/c1-19-12-4-5-14(16)13(8-12)15(18)9-6-10-2-3-11(7-9)17-10/h4-5,8-11,17H,2-3,6-7H2,1H3. The summed E-state index contributed by atoms with van der Waals surface area (Å²) in [7, 11) is 1.52. The molecule has 0 aliphatic carbocycles. The van der Waals surface area contributed by atoms with Crippen LogP contribution in [0.3, 0.4) is 0 Å². The van der Waals surface area contributed by atoms with Gasteiger partial charge in [0.05, 0.1) is 12.7 Å². The Bertz CT molecular complexity index is 491. The van der Waals surface area contributed by atoms with Gasteiger partial charge in [-0.25, -0.2) is 4.39 Å². The molecule has 102 valence electrons. The van der Waals surface area contributed by atoms with Crippen LogP contribution in [0.25, 0.3) is 0 Å². The van der Waals surface area contributed by atoms with E-state index in [0.29, 0.717) is 17.8 Å². The average Bonchev–Trinajstić information content (AvgIpc) is 2.77. The van der Waals surface area contributed by atoms with Crippen LogP contribution in [-0.4, -0.2) is 25.0 Å². The lowest BCUT2D eigenvalue weighted by molar-refractivity contribution is 0.0871.